The predicted octanol–water partition coefficient (Wildman–Crippen LogP) is 2.92. The van der Waals surface area contributed by atoms with E-state index in [-0.39, 0.29) is 6.61 Å². The number of benzene rings is 1. The van der Waals surface area contributed by atoms with E-state index in [1.807, 2.05) is 0 Å². The first-order valence-corrected chi connectivity index (χ1v) is 7.24. The molecule has 0 atom stereocenters. The summed E-state index contributed by atoms with van der Waals surface area (Å²) >= 11 is 0. The topological polar surface area (TPSA) is 43.6 Å². The number of aliphatic hydroxyl groups is 1. The molecule has 0 saturated heterocycles. The summed E-state index contributed by atoms with van der Waals surface area (Å²) in [6, 6.07) is 4.55. The Morgan fingerprint density at radius 3 is 2.55 bits per heavy atom. The maximum Gasteiger partial charge on any atom is 0.163 e. The summed E-state index contributed by atoms with van der Waals surface area (Å²) in [5, 5.41) is 10.3. The molecular weight excluding hydrogens is 254 g/mol. The monoisotopic (exact) mass is 275 g/mol. The maximum atomic E-state index is 9.06. The molecule has 0 unspecified atom stereocenters. The molecule has 3 rings (SSSR count). The third-order valence-corrected chi connectivity index (χ3v) is 3.74. The van der Waals surface area contributed by atoms with Gasteiger partial charge in [0.05, 0.1) is 5.52 Å². The van der Waals surface area contributed by atoms with Crippen LogP contribution in [0.2, 0.25) is 0 Å². The maximum absolute atomic E-state index is 9.06. The van der Waals surface area contributed by atoms with Crippen molar-refractivity contribution < 1.29 is 14.6 Å². The Labute approximate surface area is 118 Å². The van der Waals surface area contributed by atoms with Crippen LogP contribution in [0.4, 0.5) is 0 Å². The molecule has 2 heterocycles. The second-order valence-electron chi connectivity index (χ2n) is 5.50. The molecule has 20 heavy (non-hydrogen) atoms. The summed E-state index contributed by atoms with van der Waals surface area (Å²) in [6.07, 6.45) is 3.86. The summed E-state index contributed by atoms with van der Waals surface area (Å²) in [5.74, 6) is 1.66. The zero-order valence-electron chi connectivity index (χ0n) is 12.1. The van der Waals surface area contributed by atoms with Crippen molar-refractivity contribution in [1.82, 2.24) is 4.57 Å². The molecule has 0 fully saturated rings. The molecule has 1 N–H and O–H groups in total. The van der Waals surface area contributed by atoms with E-state index >= 15 is 0 Å². The van der Waals surface area contributed by atoms with Crippen LogP contribution < -0.4 is 9.47 Å². The highest BCUT2D eigenvalue weighted by Gasteiger charge is 2.18. The van der Waals surface area contributed by atoms with Crippen LogP contribution in [-0.2, 0) is 6.42 Å². The molecule has 2 aromatic rings. The first-order chi connectivity index (χ1) is 9.70. The van der Waals surface area contributed by atoms with Crippen molar-refractivity contribution in [3.05, 3.63) is 23.9 Å². The number of rotatable bonds is 4. The number of aliphatic hydroxyl groups excluding tert-OH is 1. The minimum atomic E-state index is 0.221. The molecular formula is C16H21NO3. The van der Waals surface area contributed by atoms with Crippen molar-refractivity contribution >= 4 is 10.9 Å². The van der Waals surface area contributed by atoms with Crippen LogP contribution in [-0.4, -0.2) is 29.5 Å². The van der Waals surface area contributed by atoms with E-state index in [4.69, 9.17) is 14.6 Å². The van der Waals surface area contributed by atoms with Crippen molar-refractivity contribution in [2.45, 2.75) is 32.7 Å². The lowest BCUT2D eigenvalue weighted by atomic mass is 10.1. The summed E-state index contributed by atoms with van der Waals surface area (Å²) in [7, 11) is 0. The Kier molecular flexibility index (Phi) is 3.57. The van der Waals surface area contributed by atoms with Crippen molar-refractivity contribution in [1.29, 1.82) is 0 Å². The quantitative estimate of drug-likeness (QED) is 0.933. The van der Waals surface area contributed by atoms with Crippen LogP contribution in [0, 0.1) is 0 Å². The molecule has 108 valence electrons. The second-order valence-corrected chi connectivity index (χ2v) is 5.50. The minimum absolute atomic E-state index is 0.221. The minimum Gasteiger partial charge on any atom is -0.486 e. The Morgan fingerprint density at radius 1 is 1.20 bits per heavy atom. The van der Waals surface area contributed by atoms with Gasteiger partial charge in [0.2, 0.25) is 0 Å². The average Bonchev–Trinajstić information content (AvgIpc) is 2.81. The molecule has 0 radical (unpaired) electrons. The largest absolute Gasteiger partial charge is 0.486 e. The van der Waals surface area contributed by atoms with Gasteiger partial charge in [-0.05, 0) is 38.3 Å². The van der Waals surface area contributed by atoms with Gasteiger partial charge in [-0.1, -0.05) is 0 Å². The highest BCUT2D eigenvalue weighted by molar-refractivity contribution is 5.87. The lowest BCUT2D eigenvalue weighted by Crippen LogP contribution is -2.15. The van der Waals surface area contributed by atoms with Crippen LogP contribution in [0.15, 0.2) is 18.3 Å². The SMILES string of the molecule is CC(C)n1cc(CCCO)c2cc3c(cc21)OCCO3. The smallest absolute Gasteiger partial charge is 0.163 e. The zero-order chi connectivity index (χ0) is 14.1. The number of fused-ring (bicyclic) bond motifs is 2. The van der Waals surface area contributed by atoms with Crippen molar-refractivity contribution in [3.63, 3.8) is 0 Å². The van der Waals surface area contributed by atoms with Crippen LogP contribution in [0.25, 0.3) is 10.9 Å². The van der Waals surface area contributed by atoms with Gasteiger partial charge in [0.25, 0.3) is 0 Å². The molecule has 1 aliphatic heterocycles. The predicted molar refractivity (Wildman–Crippen MR) is 78.7 cm³/mol. The van der Waals surface area contributed by atoms with E-state index in [0.717, 1.165) is 24.3 Å². The van der Waals surface area contributed by atoms with Gasteiger partial charge in [0, 0.05) is 30.3 Å². The number of aryl methyl sites for hydroxylation is 1. The highest BCUT2D eigenvalue weighted by atomic mass is 16.6. The van der Waals surface area contributed by atoms with Crippen LogP contribution in [0.5, 0.6) is 11.5 Å². The van der Waals surface area contributed by atoms with E-state index in [1.54, 1.807) is 0 Å². The first kappa shape index (κ1) is 13.3. The fourth-order valence-electron chi connectivity index (χ4n) is 2.75. The van der Waals surface area contributed by atoms with E-state index in [0.29, 0.717) is 19.3 Å². The van der Waals surface area contributed by atoms with E-state index in [1.165, 1.54) is 16.5 Å². The van der Waals surface area contributed by atoms with E-state index in [2.05, 4.69) is 36.7 Å². The molecule has 1 aliphatic rings. The Bertz CT molecular complexity index is 616. The normalized spacial score (nSPS) is 14.2. The molecule has 0 bridgehead atoms. The van der Waals surface area contributed by atoms with Gasteiger partial charge in [-0.3, -0.25) is 0 Å². The van der Waals surface area contributed by atoms with Gasteiger partial charge in [0.15, 0.2) is 11.5 Å². The number of hydrogen-bond acceptors (Lipinski definition) is 3. The fraction of sp³-hybridized carbons (Fsp3) is 0.500. The molecule has 0 saturated carbocycles. The second kappa shape index (κ2) is 5.37. The van der Waals surface area contributed by atoms with Gasteiger partial charge < -0.3 is 19.1 Å². The van der Waals surface area contributed by atoms with E-state index in [9.17, 15) is 0 Å². The Hall–Kier alpha value is -1.68. The molecule has 4 nitrogen and oxygen atoms in total. The highest BCUT2D eigenvalue weighted by Crippen LogP contribution is 2.37. The molecule has 0 spiro atoms. The first-order valence-electron chi connectivity index (χ1n) is 7.24. The lowest BCUT2D eigenvalue weighted by Gasteiger charge is -2.19. The summed E-state index contributed by atoms with van der Waals surface area (Å²) in [5.41, 5.74) is 2.44. The molecule has 0 aliphatic carbocycles. The Balaban J connectivity index is 2.14. The number of ether oxygens (including phenoxy) is 2. The van der Waals surface area contributed by atoms with Crippen LogP contribution in [0.3, 0.4) is 0 Å². The standard InChI is InChI=1S/C16H21NO3/c1-11(2)17-10-12(4-3-5-18)13-8-15-16(9-14(13)17)20-7-6-19-15/h8-11,18H,3-7H2,1-2H3. The van der Waals surface area contributed by atoms with Gasteiger partial charge in [0.1, 0.15) is 13.2 Å². The lowest BCUT2D eigenvalue weighted by molar-refractivity contribution is 0.172. The van der Waals surface area contributed by atoms with Crippen LogP contribution >= 0.6 is 0 Å². The number of hydrogen-bond donors (Lipinski definition) is 1. The number of aromatic nitrogens is 1. The van der Waals surface area contributed by atoms with Gasteiger partial charge >= 0.3 is 0 Å². The molecule has 1 aromatic carbocycles. The Morgan fingerprint density at radius 2 is 1.90 bits per heavy atom. The fourth-order valence-corrected chi connectivity index (χ4v) is 2.75. The average molecular weight is 275 g/mol. The van der Waals surface area contributed by atoms with Crippen LogP contribution in [0.1, 0.15) is 31.9 Å². The van der Waals surface area contributed by atoms with Crippen molar-refractivity contribution in [2.24, 2.45) is 0 Å². The van der Waals surface area contributed by atoms with Crippen molar-refractivity contribution in [3.8, 4) is 11.5 Å². The molecule has 0 amide bonds. The van der Waals surface area contributed by atoms with Crippen molar-refractivity contribution in [2.75, 3.05) is 19.8 Å². The van der Waals surface area contributed by atoms with E-state index < -0.39 is 0 Å². The number of nitrogens with zero attached hydrogens (tertiary/aromatic N) is 1. The zero-order valence-corrected chi connectivity index (χ0v) is 12.1. The summed E-state index contributed by atoms with van der Waals surface area (Å²) in [6.45, 7) is 5.78. The van der Waals surface area contributed by atoms with Gasteiger partial charge in [-0.15, -0.1) is 0 Å². The van der Waals surface area contributed by atoms with Gasteiger partial charge in [-0.25, -0.2) is 0 Å². The summed E-state index contributed by atoms with van der Waals surface area (Å²) in [4.78, 5) is 0. The molecule has 4 heteroatoms. The van der Waals surface area contributed by atoms with Gasteiger partial charge in [-0.2, -0.15) is 0 Å². The third-order valence-electron chi connectivity index (χ3n) is 3.74. The summed E-state index contributed by atoms with van der Waals surface area (Å²) < 4.78 is 13.6. The molecule has 1 aromatic heterocycles. The third kappa shape index (κ3) is 2.24.